The number of ketones is 1. The molecular formula is C15H20OS. The summed E-state index contributed by atoms with van der Waals surface area (Å²) in [5.74, 6) is 1.36. The van der Waals surface area contributed by atoms with Crippen LogP contribution in [0, 0.1) is 13.8 Å². The van der Waals surface area contributed by atoms with E-state index in [4.69, 9.17) is 0 Å². The largest absolute Gasteiger partial charge is 0.295 e. The van der Waals surface area contributed by atoms with E-state index in [0.717, 1.165) is 5.56 Å². The summed E-state index contributed by atoms with van der Waals surface area (Å²) < 4.78 is 0. The van der Waals surface area contributed by atoms with Gasteiger partial charge in [0.15, 0.2) is 5.78 Å². The van der Waals surface area contributed by atoms with Crippen molar-refractivity contribution < 1.29 is 4.79 Å². The van der Waals surface area contributed by atoms with E-state index in [2.05, 4.69) is 33.8 Å². The Morgan fingerprint density at radius 3 is 2.59 bits per heavy atom. The van der Waals surface area contributed by atoms with Crippen molar-refractivity contribution in [2.24, 2.45) is 0 Å². The van der Waals surface area contributed by atoms with Gasteiger partial charge < -0.3 is 0 Å². The van der Waals surface area contributed by atoms with E-state index in [1.54, 1.807) is 6.92 Å². The second-order valence-electron chi connectivity index (χ2n) is 5.61. The summed E-state index contributed by atoms with van der Waals surface area (Å²) in [4.78, 5) is 13.1. The lowest BCUT2D eigenvalue weighted by molar-refractivity contribution is 0.101. The zero-order chi connectivity index (χ0) is 12.8. The number of Topliss-reactive ketones (excluding diaryl/α,β-unsaturated/α-hetero) is 1. The molecule has 0 spiro atoms. The normalized spacial score (nSPS) is 17.7. The number of rotatable bonds is 1. The van der Waals surface area contributed by atoms with Gasteiger partial charge in [0.25, 0.3) is 0 Å². The topological polar surface area (TPSA) is 17.1 Å². The molecule has 0 saturated carbocycles. The van der Waals surface area contributed by atoms with Gasteiger partial charge in [-0.3, -0.25) is 4.79 Å². The molecule has 0 radical (unpaired) electrons. The summed E-state index contributed by atoms with van der Waals surface area (Å²) in [6, 6.07) is 2.06. The maximum Gasteiger partial charge on any atom is 0.160 e. The predicted octanol–water partition coefficient (Wildman–Crippen LogP) is 4.28. The van der Waals surface area contributed by atoms with Crippen molar-refractivity contribution in [2.45, 2.75) is 51.3 Å². The minimum Gasteiger partial charge on any atom is -0.295 e. The Kier molecular flexibility index (Phi) is 3.11. The molecule has 1 nitrogen and oxygen atoms in total. The number of fused-ring (bicyclic) bond motifs is 1. The fourth-order valence-electron chi connectivity index (χ4n) is 2.79. The van der Waals surface area contributed by atoms with Crippen LogP contribution in [0.15, 0.2) is 11.0 Å². The Labute approximate surface area is 108 Å². The molecule has 0 fully saturated rings. The molecule has 0 aromatic heterocycles. The van der Waals surface area contributed by atoms with Crippen LogP contribution >= 0.6 is 11.8 Å². The van der Waals surface area contributed by atoms with Crippen molar-refractivity contribution in [1.29, 1.82) is 0 Å². The van der Waals surface area contributed by atoms with Gasteiger partial charge in [-0.1, -0.05) is 13.8 Å². The molecule has 2 rings (SSSR count). The molecule has 0 amide bonds. The second-order valence-corrected chi connectivity index (χ2v) is 6.71. The Morgan fingerprint density at radius 2 is 2.00 bits per heavy atom. The summed E-state index contributed by atoms with van der Waals surface area (Å²) in [6.45, 7) is 10.5. The second kappa shape index (κ2) is 4.16. The van der Waals surface area contributed by atoms with Gasteiger partial charge in [-0.25, -0.2) is 0 Å². The first-order valence-corrected chi connectivity index (χ1v) is 7.11. The van der Waals surface area contributed by atoms with E-state index in [0.29, 0.717) is 0 Å². The van der Waals surface area contributed by atoms with Crippen LogP contribution in [0.1, 0.15) is 54.2 Å². The zero-order valence-corrected chi connectivity index (χ0v) is 12.1. The zero-order valence-electron chi connectivity index (χ0n) is 11.3. The number of carbonyl (C=O) groups excluding carboxylic acids is 1. The Bertz CT molecular complexity index is 486. The van der Waals surface area contributed by atoms with Crippen LogP contribution in [0.25, 0.3) is 0 Å². The highest BCUT2D eigenvalue weighted by Gasteiger charge is 2.31. The van der Waals surface area contributed by atoms with Crippen molar-refractivity contribution in [3.8, 4) is 0 Å². The fourth-order valence-corrected chi connectivity index (χ4v) is 4.47. The third-order valence-corrected chi connectivity index (χ3v) is 4.98. The van der Waals surface area contributed by atoms with Crippen LogP contribution in [-0.4, -0.2) is 11.5 Å². The predicted molar refractivity (Wildman–Crippen MR) is 74.3 cm³/mol. The van der Waals surface area contributed by atoms with E-state index < -0.39 is 0 Å². The van der Waals surface area contributed by atoms with Crippen molar-refractivity contribution in [3.05, 3.63) is 28.3 Å². The minimum atomic E-state index is 0.180. The molecule has 92 valence electrons. The average molecular weight is 248 g/mol. The Balaban J connectivity index is 2.76. The molecule has 2 heteroatoms. The standard InChI is InChI=1S/C15H20OS/c1-9-8-12(11(3)16)10(2)13-14(9)17-7-6-15(13,4)5/h8H,6-7H2,1-5H3. The molecule has 0 saturated heterocycles. The highest BCUT2D eigenvalue weighted by molar-refractivity contribution is 7.99. The van der Waals surface area contributed by atoms with E-state index in [-0.39, 0.29) is 11.2 Å². The fraction of sp³-hybridized carbons (Fsp3) is 0.533. The third-order valence-electron chi connectivity index (χ3n) is 3.75. The van der Waals surface area contributed by atoms with Gasteiger partial charge in [0.2, 0.25) is 0 Å². The molecular weight excluding hydrogens is 228 g/mol. The van der Waals surface area contributed by atoms with Gasteiger partial charge in [-0.05, 0) is 61.1 Å². The quantitative estimate of drug-likeness (QED) is 0.690. The Hall–Kier alpha value is -0.760. The summed E-state index contributed by atoms with van der Waals surface area (Å²) in [7, 11) is 0. The molecule has 1 aromatic carbocycles. The first-order chi connectivity index (χ1) is 7.84. The minimum absolute atomic E-state index is 0.180. The van der Waals surface area contributed by atoms with Gasteiger partial charge in [0.05, 0.1) is 0 Å². The molecule has 0 atom stereocenters. The molecule has 1 aromatic rings. The molecule has 0 unspecified atom stereocenters. The van der Waals surface area contributed by atoms with E-state index in [9.17, 15) is 4.79 Å². The summed E-state index contributed by atoms with van der Waals surface area (Å²) in [5.41, 5.74) is 4.95. The summed E-state index contributed by atoms with van der Waals surface area (Å²) in [6.07, 6.45) is 1.19. The van der Waals surface area contributed by atoms with Crippen molar-refractivity contribution in [3.63, 3.8) is 0 Å². The van der Waals surface area contributed by atoms with Crippen molar-refractivity contribution in [2.75, 3.05) is 5.75 Å². The molecule has 1 aliphatic heterocycles. The smallest absolute Gasteiger partial charge is 0.160 e. The highest BCUT2D eigenvalue weighted by atomic mass is 32.2. The monoisotopic (exact) mass is 248 g/mol. The Morgan fingerprint density at radius 1 is 1.35 bits per heavy atom. The molecule has 0 aliphatic carbocycles. The lowest BCUT2D eigenvalue weighted by Gasteiger charge is -2.35. The van der Waals surface area contributed by atoms with Crippen LogP contribution < -0.4 is 0 Å². The van der Waals surface area contributed by atoms with E-state index >= 15 is 0 Å². The van der Waals surface area contributed by atoms with Gasteiger partial charge in [0, 0.05) is 10.5 Å². The van der Waals surface area contributed by atoms with Gasteiger partial charge >= 0.3 is 0 Å². The summed E-state index contributed by atoms with van der Waals surface area (Å²) >= 11 is 1.94. The summed E-state index contributed by atoms with van der Waals surface area (Å²) in [5, 5.41) is 0. The van der Waals surface area contributed by atoms with Crippen LogP contribution in [0.4, 0.5) is 0 Å². The highest BCUT2D eigenvalue weighted by Crippen LogP contribution is 2.45. The number of hydrogen-bond acceptors (Lipinski definition) is 2. The van der Waals surface area contributed by atoms with Crippen molar-refractivity contribution >= 4 is 17.5 Å². The lowest BCUT2D eigenvalue weighted by atomic mass is 9.77. The number of benzene rings is 1. The van der Waals surface area contributed by atoms with Gasteiger partial charge in [-0.15, -0.1) is 11.8 Å². The maximum atomic E-state index is 11.7. The van der Waals surface area contributed by atoms with Crippen LogP contribution in [0.2, 0.25) is 0 Å². The lowest BCUT2D eigenvalue weighted by Crippen LogP contribution is -2.25. The number of hydrogen-bond donors (Lipinski definition) is 0. The molecule has 0 N–H and O–H groups in total. The van der Waals surface area contributed by atoms with Gasteiger partial charge in [-0.2, -0.15) is 0 Å². The number of thioether (sulfide) groups is 1. The number of carbonyl (C=O) groups is 1. The molecule has 1 aliphatic rings. The van der Waals surface area contributed by atoms with E-state index in [1.165, 1.54) is 33.8 Å². The van der Waals surface area contributed by atoms with Crippen LogP contribution in [0.3, 0.4) is 0 Å². The van der Waals surface area contributed by atoms with Crippen LogP contribution in [-0.2, 0) is 5.41 Å². The first kappa shape index (κ1) is 12.7. The van der Waals surface area contributed by atoms with Gasteiger partial charge in [0.1, 0.15) is 0 Å². The van der Waals surface area contributed by atoms with Crippen molar-refractivity contribution in [1.82, 2.24) is 0 Å². The number of aryl methyl sites for hydroxylation is 1. The SMILES string of the molecule is CC(=O)c1cc(C)c2c(c1C)C(C)(C)CCS2. The first-order valence-electron chi connectivity index (χ1n) is 6.13. The average Bonchev–Trinajstić information content (AvgIpc) is 2.21. The van der Waals surface area contributed by atoms with Crippen LogP contribution in [0.5, 0.6) is 0 Å². The maximum absolute atomic E-state index is 11.7. The molecule has 0 bridgehead atoms. The third kappa shape index (κ3) is 2.03. The van der Waals surface area contributed by atoms with E-state index in [1.807, 2.05) is 11.8 Å². The molecule has 1 heterocycles. The molecule has 17 heavy (non-hydrogen) atoms.